The maximum Gasteiger partial charge on any atom is 0.0896 e. The zero-order valence-corrected chi connectivity index (χ0v) is 13.4. The van der Waals surface area contributed by atoms with Crippen LogP contribution >= 0.6 is 11.6 Å². The molecule has 2 nitrogen and oxygen atoms in total. The molecule has 1 N–H and O–H groups in total. The molecule has 2 aromatic rings. The van der Waals surface area contributed by atoms with Gasteiger partial charge in [-0.25, -0.2) is 0 Å². The lowest BCUT2D eigenvalue weighted by molar-refractivity contribution is 0.0829. The average molecular weight is 314 g/mol. The summed E-state index contributed by atoms with van der Waals surface area (Å²) in [6, 6.07) is 15.2. The molecule has 2 aliphatic heterocycles. The van der Waals surface area contributed by atoms with E-state index >= 15 is 0 Å². The summed E-state index contributed by atoms with van der Waals surface area (Å²) in [6.45, 7) is 3.04. The van der Waals surface area contributed by atoms with E-state index in [1.807, 2.05) is 12.1 Å². The highest BCUT2D eigenvalue weighted by atomic mass is 35.5. The van der Waals surface area contributed by atoms with Gasteiger partial charge in [-0.1, -0.05) is 42.8 Å². The molecule has 0 saturated carbocycles. The lowest BCUT2D eigenvalue weighted by Gasteiger charge is -2.36. The van der Waals surface area contributed by atoms with Gasteiger partial charge >= 0.3 is 0 Å². The number of benzene rings is 2. The first-order chi connectivity index (χ1) is 10.8. The third kappa shape index (κ3) is 2.31. The van der Waals surface area contributed by atoms with Gasteiger partial charge < -0.3 is 10.1 Å². The summed E-state index contributed by atoms with van der Waals surface area (Å²) in [5, 5.41) is 4.52. The van der Waals surface area contributed by atoms with Crippen molar-refractivity contribution < 1.29 is 4.74 Å². The van der Waals surface area contributed by atoms with Crippen LogP contribution in [0, 0.1) is 5.92 Å². The van der Waals surface area contributed by atoms with Crippen LogP contribution in [0.1, 0.15) is 42.2 Å². The van der Waals surface area contributed by atoms with Crippen molar-refractivity contribution >= 4 is 17.3 Å². The van der Waals surface area contributed by atoms with Crippen LogP contribution in [-0.2, 0) is 11.2 Å². The van der Waals surface area contributed by atoms with Crippen molar-refractivity contribution in [2.75, 3.05) is 11.9 Å². The Morgan fingerprint density at radius 1 is 1.18 bits per heavy atom. The van der Waals surface area contributed by atoms with Crippen molar-refractivity contribution in [1.29, 1.82) is 0 Å². The third-order valence-electron chi connectivity index (χ3n) is 4.94. The molecule has 0 radical (unpaired) electrons. The summed E-state index contributed by atoms with van der Waals surface area (Å²) in [5.41, 5.74) is 5.20. The zero-order valence-electron chi connectivity index (χ0n) is 12.7. The van der Waals surface area contributed by atoms with Crippen molar-refractivity contribution in [3.63, 3.8) is 0 Å². The van der Waals surface area contributed by atoms with Crippen LogP contribution in [0.25, 0.3) is 0 Å². The number of ether oxygens (including phenoxy) is 1. The fraction of sp³-hybridized carbons (Fsp3) is 0.368. The lowest BCUT2D eigenvalue weighted by atomic mass is 9.80. The number of hydrogen-bond donors (Lipinski definition) is 1. The van der Waals surface area contributed by atoms with Crippen LogP contribution < -0.4 is 5.32 Å². The van der Waals surface area contributed by atoms with E-state index in [-0.39, 0.29) is 6.10 Å². The van der Waals surface area contributed by atoms with E-state index in [1.165, 1.54) is 22.4 Å². The summed E-state index contributed by atoms with van der Waals surface area (Å²) in [4.78, 5) is 0. The molecule has 0 aliphatic carbocycles. The van der Waals surface area contributed by atoms with Crippen LogP contribution in [0.5, 0.6) is 0 Å². The normalized spacial score (nSPS) is 26.2. The first-order valence-corrected chi connectivity index (χ1v) is 8.40. The molecule has 2 heterocycles. The van der Waals surface area contributed by atoms with Crippen molar-refractivity contribution in [3.8, 4) is 0 Å². The SMILES string of the molecule is CCc1ccc2c(c1)[C@H]1OCC[C@H]1[C@H](c1ccc(Cl)cc1)N2. The molecule has 1 fully saturated rings. The molecule has 0 spiro atoms. The second-order valence-electron chi connectivity index (χ2n) is 6.19. The average Bonchev–Trinajstić information content (AvgIpc) is 3.04. The maximum atomic E-state index is 6.09. The summed E-state index contributed by atoms with van der Waals surface area (Å²) in [5.74, 6) is 0.487. The minimum atomic E-state index is 0.212. The smallest absolute Gasteiger partial charge is 0.0896 e. The van der Waals surface area contributed by atoms with E-state index in [0.29, 0.717) is 12.0 Å². The van der Waals surface area contributed by atoms with Crippen LogP contribution in [0.2, 0.25) is 5.02 Å². The zero-order chi connectivity index (χ0) is 15.1. The first kappa shape index (κ1) is 14.1. The van der Waals surface area contributed by atoms with E-state index in [9.17, 15) is 0 Å². The second-order valence-corrected chi connectivity index (χ2v) is 6.63. The van der Waals surface area contributed by atoms with Crippen molar-refractivity contribution in [1.82, 2.24) is 0 Å². The van der Waals surface area contributed by atoms with Gasteiger partial charge in [-0.15, -0.1) is 0 Å². The molecular formula is C19H20ClNO. The van der Waals surface area contributed by atoms with E-state index < -0.39 is 0 Å². The van der Waals surface area contributed by atoms with Gasteiger partial charge in [0.2, 0.25) is 0 Å². The van der Waals surface area contributed by atoms with E-state index in [2.05, 4.69) is 42.6 Å². The van der Waals surface area contributed by atoms with Crippen LogP contribution in [0.15, 0.2) is 42.5 Å². The molecule has 2 aromatic carbocycles. The highest BCUT2D eigenvalue weighted by Gasteiger charge is 2.41. The minimum absolute atomic E-state index is 0.212. The number of hydrogen-bond acceptors (Lipinski definition) is 2. The molecule has 0 amide bonds. The maximum absolute atomic E-state index is 6.09. The predicted octanol–water partition coefficient (Wildman–Crippen LogP) is 5.15. The molecule has 0 aromatic heterocycles. The molecule has 4 rings (SSSR count). The summed E-state index contributed by atoms with van der Waals surface area (Å²) < 4.78 is 6.09. The lowest BCUT2D eigenvalue weighted by Crippen LogP contribution is -2.29. The van der Waals surface area contributed by atoms with Crippen LogP contribution in [0.4, 0.5) is 5.69 Å². The molecule has 2 aliphatic rings. The topological polar surface area (TPSA) is 21.3 Å². The van der Waals surface area contributed by atoms with Crippen molar-refractivity contribution in [3.05, 3.63) is 64.2 Å². The monoisotopic (exact) mass is 313 g/mol. The molecule has 114 valence electrons. The van der Waals surface area contributed by atoms with Gasteiger partial charge in [0.05, 0.1) is 12.1 Å². The molecular weight excluding hydrogens is 294 g/mol. The molecule has 0 unspecified atom stereocenters. The van der Waals surface area contributed by atoms with Gasteiger partial charge in [0.1, 0.15) is 0 Å². The third-order valence-corrected chi connectivity index (χ3v) is 5.19. The minimum Gasteiger partial charge on any atom is -0.378 e. The van der Waals surface area contributed by atoms with Crippen molar-refractivity contribution in [2.45, 2.75) is 31.9 Å². The number of nitrogens with one attached hydrogen (secondary N) is 1. The Labute approximate surface area is 136 Å². The van der Waals surface area contributed by atoms with Crippen LogP contribution in [-0.4, -0.2) is 6.61 Å². The molecule has 1 saturated heterocycles. The Morgan fingerprint density at radius 3 is 2.77 bits per heavy atom. The second kappa shape index (κ2) is 5.60. The number of anilines is 1. The quantitative estimate of drug-likeness (QED) is 0.828. The van der Waals surface area contributed by atoms with Gasteiger partial charge in [0.15, 0.2) is 0 Å². The molecule has 3 heteroatoms. The number of halogens is 1. The summed E-state index contributed by atoms with van der Waals surface area (Å²) >= 11 is 6.03. The van der Waals surface area contributed by atoms with Gasteiger partial charge in [-0.3, -0.25) is 0 Å². The summed E-state index contributed by atoms with van der Waals surface area (Å²) in [6.07, 6.45) is 2.37. The van der Waals surface area contributed by atoms with Gasteiger partial charge in [-0.2, -0.15) is 0 Å². The Bertz CT molecular complexity index is 682. The Balaban J connectivity index is 1.75. The fourth-order valence-electron chi connectivity index (χ4n) is 3.74. The van der Waals surface area contributed by atoms with E-state index in [4.69, 9.17) is 16.3 Å². The molecule has 3 atom stereocenters. The Morgan fingerprint density at radius 2 is 2.00 bits per heavy atom. The standard InChI is InChI=1S/C19H20ClNO/c1-2-12-3-8-17-16(11-12)19-15(9-10-22-19)18(21-17)13-4-6-14(20)7-5-13/h3-8,11,15,18-19,21H,2,9-10H2,1H3/t15-,18-,19-/m0/s1. The van der Waals surface area contributed by atoms with Gasteiger partial charge in [-0.05, 0) is 42.2 Å². The largest absolute Gasteiger partial charge is 0.378 e. The number of fused-ring (bicyclic) bond motifs is 3. The van der Waals surface area contributed by atoms with Crippen molar-refractivity contribution in [2.24, 2.45) is 5.92 Å². The highest BCUT2D eigenvalue weighted by Crippen LogP contribution is 2.50. The Kier molecular flexibility index (Phi) is 3.59. The predicted molar refractivity (Wildman–Crippen MR) is 90.4 cm³/mol. The number of aryl methyl sites for hydroxylation is 1. The highest BCUT2D eigenvalue weighted by molar-refractivity contribution is 6.30. The summed E-state index contributed by atoms with van der Waals surface area (Å²) in [7, 11) is 0. The molecule has 22 heavy (non-hydrogen) atoms. The van der Waals surface area contributed by atoms with E-state index in [0.717, 1.165) is 24.5 Å². The number of rotatable bonds is 2. The van der Waals surface area contributed by atoms with Gasteiger partial charge in [0.25, 0.3) is 0 Å². The van der Waals surface area contributed by atoms with Crippen LogP contribution in [0.3, 0.4) is 0 Å². The fourth-order valence-corrected chi connectivity index (χ4v) is 3.87. The van der Waals surface area contributed by atoms with E-state index in [1.54, 1.807) is 0 Å². The van der Waals surface area contributed by atoms with Gasteiger partial charge in [0, 0.05) is 28.8 Å². The first-order valence-electron chi connectivity index (χ1n) is 8.02. The molecule has 0 bridgehead atoms. The Hall–Kier alpha value is -1.51.